The van der Waals surface area contributed by atoms with Gasteiger partial charge in [0.1, 0.15) is 25.2 Å². The van der Waals surface area contributed by atoms with Gasteiger partial charge in [0.2, 0.25) is 5.28 Å². The number of aromatic nitrogens is 3. The van der Waals surface area contributed by atoms with Crippen LogP contribution < -0.4 is 5.73 Å². The molecule has 21 heavy (non-hydrogen) atoms. The third-order valence-electron chi connectivity index (χ3n) is 3.64. The SMILES string of the molecule is [2H]C#C[C@]1(CO)O[C@@H](n2ccc3c(N)nc(Cl)nc32)C[C@@H]1O. The molecule has 7 nitrogen and oxygen atoms in total. The van der Waals surface area contributed by atoms with Crippen LogP contribution in [0.3, 0.4) is 0 Å². The van der Waals surface area contributed by atoms with Crippen LogP contribution >= 0.6 is 11.6 Å². The average molecular weight is 310 g/mol. The van der Waals surface area contributed by atoms with E-state index in [2.05, 4.69) is 15.9 Å². The van der Waals surface area contributed by atoms with Crippen LogP contribution in [0.1, 0.15) is 14.0 Å². The number of aliphatic hydroxyl groups excluding tert-OH is 2. The first-order chi connectivity index (χ1) is 10.5. The molecule has 0 radical (unpaired) electrons. The maximum atomic E-state index is 10.2. The molecule has 3 heterocycles. The molecule has 2 aromatic rings. The zero-order valence-electron chi connectivity index (χ0n) is 11.8. The molecule has 1 saturated heterocycles. The molecule has 2 aromatic heterocycles. The number of nitrogens with two attached hydrogens (primary N) is 1. The Labute approximate surface area is 126 Å². The number of fused-ring (bicyclic) bond motifs is 1. The number of aliphatic hydroxyl groups is 2. The van der Waals surface area contributed by atoms with Gasteiger partial charge in [-0.2, -0.15) is 4.98 Å². The molecule has 3 atom stereocenters. The zero-order chi connectivity index (χ0) is 15.9. The van der Waals surface area contributed by atoms with Crippen molar-refractivity contribution in [2.24, 2.45) is 0 Å². The van der Waals surface area contributed by atoms with Crippen molar-refractivity contribution in [1.82, 2.24) is 14.5 Å². The second-order valence-corrected chi connectivity index (χ2v) is 5.17. The van der Waals surface area contributed by atoms with Gasteiger partial charge in [0.15, 0.2) is 5.60 Å². The lowest BCUT2D eigenvalue weighted by atomic mass is 9.99. The van der Waals surface area contributed by atoms with E-state index in [9.17, 15) is 10.2 Å². The fourth-order valence-electron chi connectivity index (χ4n) is 2.48. The summed E-state index contributed by atoms with van der Waals surface area (Å²) in [5.74, 6) is 2.66. The van der Waals surface area contributed by atoms with Gasteiger partial charge in [0.05, 0.1) is 12.0 Å². The van der Waals surface area contributed by atoms with Crippen LogP contribution in [0.5, 0.6) is 0 Å². The second kappa shape index (κ2) is 4.86. The van der Waals surface area contributed by atoms with Crippen molar-refractivity contribution >= 4 is 28.5 Å². The maximum absolute atomic E-state index is 10.2. The smallest absolute Gasteiger partial charge is 0.226 e. The van der Waals surface area contributed by atoms with Gasteiger partial charge in [0, 0.05) is 12.6 Å². The van der Waals surface area contributed by atoms with E-state index in [-0.39, 0.29) is 17.5 Å². The quantitative estimate of drug-likeness (QED) is 0.544. The van der Waals surface area contributed by atoms with E-state index in [0.29, 0.717) is 11.0 Å². The van der Waals surface area contributed by atoms with E-state index >= 15 is 0 Å². The molecular weight excluding hydrogens is 296 g/mol. The number of terminal acetylenes is 1. The van der Waals surface area contributed by atoms with Gasteiger partial charge >= 0.3 is 0 Å². The normalized spacial score (nSPS) is 29.2. The van der Waals surface area contributed by atoms with Crippen molar-refractivity contribution in [1.29, 1.82) is 0 Å². The molecule has 0 aliphatic carbocycles. The molecule has 8 heteroatoms. The molecule has 0 unspecified atom stereocenters. The minimum absolute atomic E-state index is 0.00265. The molecule has 0 saturated carbocycles. The average Bonchev–Trinajstić information content (AvgIpc) is 3.02. The Bertz CT molecular complexity index is 787. The Balaban J connectivity index is 2.04. The van der Waals surface area contributed by atoms with Gasteiger partial charge in [0.25, 0.3) is 0 Å². The first-order valence-electron chi connectivity index (χ1n) is 6.71. The Morgan fingerprint density at radius 3 is 3.24 bits per heavy atom. The van der Waals surface area contributed by atoms with Crippen molar-refractivity contribution in [2.75, 3.05) is 12.3 Å². The third-order valence-corrected chi connectivity index (χ3v) is 3.81. The summed E-state index contributed by atoms with van der Waals surface area (Å²) in [6.45, 7) is -0.520. The molecular formula is C13H13ClN4O3. The Kier molecular flexibility index (Phi) is 2.97. The minimum Gasteiger partial charge on any atom is -0.392 e. The van der Waals surface area contributed by atoms with Gasteiger partial charge in [-0.25, -0.2) is 4.98 Å². The topological polar surface area (TPSA) is 106 Å². The second-order valence-electron chi connectivity index (χ2n) is 4.83. The number of halogens is 1. The van der Waals surface area contributed by atoms with E-state index < -0.39 is 24.5 Å². The highest BCUT2D eigenvalue weighted by molar-refractivity contribution is 6.28. The van der Waals surface area contributed by atoms with Crippen LogP contribution in [0.2, 0.25) is 5.28 Å². The molecule has 1 fully saturated rings. The molecule has 1 aliphatic heterocycles. The molecule has 0 spiro atoms. The molecule has 0 aromatic carbocycles. The van der Waals surface area contributed by atoms with E-state index in [1.54, 1.807) is 16.8 Å². The highest BCUT2D eigenvalue weighted by Gasteiger charge is 2.47. The third kappa shape index (κ3) is 2.04. The van der Waals surface area contributed by atoms with Crippen LogP contribution in [0.25, 0.3) is 11.0 Å². The Morgan fingerprint density at radius 2 is 2.52 bits per heavy atom. The zero-order valence-corrected chi connectivity index (χ0v) is 11.6. The van der Waals surface area contributed by atoms with Crippen LogP contribution in [0.4, 0.5) is 5.82 Å². The van der Waals surface area contributed by atoms with Crippen molar-refractivity contribution in [2.45, 2.75) is 24.4 Å². The van der Waals surface area contributed by atoms with E-state index in [4.69, 9.17) is 23.4 Å². The number of rotatable bonds is 2. The van der Waals surface area contributed by atoms with Gasteiger partial charge in [-0.15, -0.1) is 6.40 Å². The van der Waals surface area contributed by atoms with Crippen LogP contribution in [-0.2, 0) is 4.74 Å². The van der Waals surface area contributed by atoms with Gasteiger partial charge in [-0.3, -0.25) is 0 Å². The first-order valence-corrected chi connectivity index (χ1v) is 6.59. The lowest BCUT2D eigenvalue weighted by Gasteiger charge is -2.23. The standard InChI is InChI=1S/C13H13ClN4O3/c1-2-13(6-19)8(20)5-9(21-13)18-4-3-7-10(15)16-12(14)17-11(7)18/h1,3-4,8-9,19-20H,5-6H2,(H2,15,16,17)/t8-,9+,13+/m0/s1/i1D. The van der Waals surface area contributed by atoms with Crippen LogP contribution in [-0.4, -0.2) is 43.1 Å². The van der Waals surface area contributed by atoms with Crippen molar-refractivity contribution in [3.63, 3.8) is 0 Å². The van der Waals surface area contributed by atoms with Crippen LogP contribution in [0.15, 0.2) is 12.3 Å². The highest BCUT2D eigenvalue weighted by atomic mass is 35.5. The highest BCUT2D eigenvalue weighted by Crippen LogP contribution is 2.38. The fourth-order valence-corrected chi connectivity index (χ4v) is 2.65. The minimum atomic E-state index is -1.48. The summed E-state index contributed by atoms with van der Waals surface area (Å²) < 4.78 is 14.3. The molecule has 0 amide bonds. The van der Waals surface area contributed by atoms with E-state index in [1.165, 1.54) is 0 Å². The molecule has 3 rings (SSSR count). The number of hydrogen-bond donors (Lipinski definition) is 3. The number of nitrogens with zero attached hydrogens (tertiary/aromatic N) is 3. The van der Waals surface area contributed by atoms with Crippen molar-refractivity contribution < 1.29 is 16.3 Å². The van der Waals surface area contributed by atoms with Crippen molar-refractivity contribution in [3.05, 3.63) is 17.5 Å². The summed E-state index contributed by atoms with van der Waals surface area (Å²) in [5.41, 5.74) is 4.78. The summed E-state index contributed by atoms with van der Waals surface area (Å²) in [7, 11) is 0. The summed E-state index contributed by atoms with van der Waals surface area (Å²) in [4.78, 5) is 8.00. The Hall–Kier alpha value is -1.85. The van der Waals surface area contributed by atoms with E-state index in [0.717, 1.165) is 0 Å². The first kappa shape index (κ1) is 12.9. The predicted octanol–water partition coefficient (Wildman–Crippen LogP) is 0.311. The Morgan fingerprint density at radius 1 is 1.71 bits per heavy atom. The lowest BCUT2D eigenvalue weighted by molar-refractivity contribution is -0.0890. The number of ether oxygens (including phenoxy) is 1. The summed E-state index contributed by atoms with van der Waals surface area (Å²) in [6.07, 6.45) is 2.14. The number of nitrogen functional groups attached to an aromatic ring is 1. The lowest BCUT2D eigenvalue weighted by Crippen LogP contribution is -2.41. The van der Waals surface area contributed by atoms with Crippen LogP contribution in [0, 0.1) is 12.3 Å². The monoisotopic (exact) mass is 309 g/mol. The summed E-state index contributed by atoms with van der Waals surface area (Å²) >= 11 is 5.83. The number of anilines is 1. The van der Waals surface area contributed by atoms with Gasteiger partial charge in [-0.05, 0) is 17.7 Å². The molecule has 0 bridgehead atoms. The fraction of sp³-hybridized carbons (Fsp3) is 0.385. The molecule has 4 N–H and O–H groups in total. The predicted molar refractivity (Wildman–Crippen MR) is 76.3 cm³/mol. The van der Waals surface area contributed by atoms with E-state index in [1.807, 2.05) is 6.40 Å². The molecule has 110 valence electrons. The maximum Gasteiger partial charge on any atom is 0.226 e. The summed E-state index contributed by atoms with van der Waals surface area (Å²) in [5, 5.41) is 20.3. The van der Waals surface area contributed by atoms with Gasteiger partial charge in [-0.1, -0.05) is 5.92 Å². The number of hydrogen-bond acceptors (Lipinski definition) is 6. The van der Waals surface area contributed by atoms with Crippen molar-refractivity contribution in [3.8, 4) is 12.3 Å². The summed E-state index contributed by atoms with van der Waals surface area (Å²) in [6, 6.07) is 1.71. The molecule has 1 aliphatic rings. The van der Waals surface area contributed by atoms with Gasteiger partial charge < -0.3 is 25.3 Å². The largest absolute Gasteiger partial charge is 0.392 e.